The molecule has 1 amide bonds. The van der Waals surface area contributed by atoms with Crippen LogP contribution in [0.25, 0.3) is 0 Å². The molecule has 0 radical (unpaired) electrons. The summed E-state index contributed by atoms with van der Waals surface area (Å²) in [5.74, 6) is 0.520. The number of nitrogens with two attached hydrogens (primary N) is 1. The first-order valence-electron chi connectivity index (χ1n) is 8.86. The highest BCUT2D eigenvalue weighted by Gasteiger charge is 2.27. The monoisotopic (exact) mass is 453 g/mol. The molecule has 0 bridgehead atoms. The minimum absolute atomic E-state index is 0. The third-order valence-corrected chi connectivity index (χ3v) is 4.51. The van der Waals surface area contributed by atoms with Crippen LogP contribution in [-0.2, 0) is 4.74 Å². The first kappa shape index (κ1) is 21.3. The largest absolute Gasteiger partial charge is 0.450 e. The molecule has 3 N–H and O–H groups in total. The van der Waals surface area contributed by atoms with Crippen molar-refractivity contribution in [2.45, 2.75) is 51.6 Å². The van der Waals surface area contributed by atoms with E-state index in [1.54, 1.807) is 4.90 Å². The number of guanidine groups is 1. The fraction of sp³-hybridized carbons (Fsp3) is 0.875. The van der Waals surface area contributed by atoms with Gasteiger partial charge in [-0.3, -0.25) is 9.89 Å². The highest BCUT2D eigenvalue weighted by Crippen LogP contribution is 2.25. The lowest BCUT2D eigenvalue weighted by Gasteiger charge is -2.31. The molecule has 0 atom stereocenters. The maximum absolute atomic E-state index is 11.7. The predicted molar refractivity (Wildman–Crippen MR) is 107 cm³/mol. The minimum Gasteiger partial charge on any atom is -0.450 e. The molecule has 1 aliphatic carbocycles. The molecule has 1 saturated carbocycles. The van der Waals surface area contributed by atoms with E-state index in [0.29, 0.717) is 25.7 Å². The summed E-state index contributed by atoms with van der Waals surface area (Å²) in [4.78, 5) is 20.3. The topological polar surface area (TPSA) is 83.2 Å². The van der Waals surface area contributed by atoms with Gasteiger partial charge < -0.3 is 20.7 Å². The molecule has 1 saturated heterocycles. The number of rotatable bonds is 7. The number of hydrogen-bond acceptors (Lipinski definition) is 4. The molecule has 24 heavy (non-hydrogen) atoms. The fourth-order valence-corrected chi connectivity index (χ4v) is 3.01. The Morgan fingerprint density at radius 1 is 1.29 bits per heavy atom. The van der Waals surface area contributed by atoms with Crippen LogP contribution in [0.3, 0.4) is 0 Å². The first-order valence-corrected chi connectivity index (χ1v) is 8.86. The number of likely N-dealkylation sites (tertiary alicyclic amines) is 1. The molecule has 2 fully saturated rings. The fourth-order valence-electron chi connectivity index (χ4n) is 3.01. The van der Waals surface area contributed by atoms with Crippen molar-refractivity contribution in [2.75, 3.05) is 39.3 Å². The van der Waals surface area contributed by atoms with Crippen LogP contribution in [0.4, 0.5) is 4.79 Å². The lowest BCUT2D eigenvalue weighted by molar-refractivity contribution is 0.0963. The Kier molecular flexibility index (Phi) is 9.72. The van der Waals surface area contributed by atoms with Crippen LogP contribution in [0.15, 0.2) is 4.99 Å². The van der Waals surface area contributed by atoms with Gasteiger partial charge in [0.2, 0.25) is 0 Å². The number of amides is 1. The van der Waals surface area contributed by atoms with Crippen LogP contribution in [-0.4, -0.2) is 73.3 Å². The van der Waals surface area contributed by atoms with Gasteiger partial charge in [0.05, 0.1) is 13.2 Å². The van der Waals surface area contributed by atoms with Crippen LogP contribution in [0, 0.1) is 0 Å². The van der Waals surface area contributed by atoms with E-state index in [1.807, 2.05) is 6.92 Å². The summed E-state index contributed by atoms with van der Waals surface area (Å²) >= 11 is 0. The van der Waals surface area contributed by atoms with E-state index >= 15 is 0 Å². The Labute approximate surface area is 162 Å². The van der Waals surface area contributed by atoms with Crippen LogP contribution in [0.5, 0.6) is 0 Å². The van der Waals surface area contributed by atoms with Gasteiger partial charge >= 0.3 is 6.09 Å². The maximum atomic E-state index is 11.7. The van der Waals surface area contributed by atoms with Crippen LogP contribution < -0.4 is 11.1 Å². The average Bonchev–Trinajstić information content (AvgIpc) is 3.37. The molecule has 0 unspecified atom stereocenters. The molecule has 2 aliphatic rings. The van der Waals surface area contributed by atoms with Crippen molar-refractivity contribution >= 4 is 36.0 Å². The Bertz CT molecular complexity index is 409. The van der Waals surface area contributed by atoms with Gasteiger partial charge in [-0.05, 0) is 39.2 Å². The second-order valence-corrected chi connectivity index (χ2v) is 6.23. The highest BCUT2D eigenvalue weighted by molar-refractivity contribution is 14.0. The van der Waals surface area contributed by atoms with Gasteiger partial charge in [0.25, 0.3) is 0 Å². The molecular weight excluding hydrogens is 421 g/mol. The zero-order chi connectivity index (χ0) is 16.7. The highest BCUT2D eigenvalue weighted by atomic mass is 127. The zero-order valence-corrected chi connectivity index (χ0v) is 17.2. The molecule has 7 nitrogen and oxygen atoms in total. The van der Waals surface area contributed by atoms with Gasteiger partial charge in [0.15, 0.2) is 5.96 Å². The third-order valence-electron chi connectivity index (χ3n) is 4.51. The number of hydrogen-bond donors (Lipinski definition) is 2. The van der Waals surface area contributed by atoms with Crippen LogP contribution >= 0.6 is 24.0 Å². The van der Waals surface area contributed by atoms with Gasteiger partial charge in [-0.2, -0.15) is 0 Å². The van der Waals surface area contributed by atoms with Crippen molar-refractivity contribution < 1.29 is 9.53 Å². The molecule has 1 aliphatic heterocycles. The SMILES string of the molecule is CCOC(=O)N1CCC(NC(N)=NCCN(CC)C2CC2)CC1.I. The van der Waals surface area contributed by atoms with Crippen molar-refractivity contribution in [3.63, 3.8) is 0 Å². The van der Waals surface area contributed by atoms with E-state index in [0.717, 1.165) is 38.5 Å². The minimum atomic E-state index is -0.215. The van der Waals surface area contributed by atoms with Gasteiger partial charge in [0.1, 0.15) is 0 Å². The first-order chi connectivity index (χ1) is 11.1. The Hall–Kier alpha value is -0.770. The summed E-state index contributed by atoms with van der Waals surface area (Å²) in [6.07, 6.45) is 4.18. The third kappa shape index (κ3) is 7.00. The summed E-state index contributed by atoms with van der Waals surface area (Å²) in [7, 11) is 0. The molecule has 0 spiro atoms. The summed E-state index contributed by atoms with van der Waals surface area (Å²) < 4.78 is 5.02. The quantitative estimate of drug-likeness (QED) is 0.348. The summed E-state index contributed by atoms with van der Waals surface area (Å²) in [5, 5.41) is 3.28. The Morgan fingerprint density at radius 2 is 1.96 bits per heavy atom. The van der Waals surface area contributed by atoms with E-state index in [-0.39, 0.29) is 36.1 Å². The number of piperidine rings is 1. The molecule has 0 aromatic carbocycles. The van der Waals surface area contributed by atoms with E-state index < -0.39 is 0 Å². The second-order valence-electron chi connectivity index (χ2n) is 6.23. The van der Waals surface area contributed by atoms with E-state index in [2.05, 4.69) is 22.1 Å². The number of carbonyl (C=O) groups is 1. The molecular formula is C16H32IN5O2. The van der Waals surface area contributed by atoms with E-state index in [4.69, 9.17) is 10.5 Å². The normalized spacial score (nSPS) is 19.1. The lowest BCUT2D eigenvalue weighted by atomic mass is 10.1. The number of ether oxygens (including phenoxy) is 1. The zero-order valence-electron chi connectivity index (χ0n) is 14.9. The molecule has 2 rings (SSSR count). The number of likely N-dealkylation sites (N-methyl/N-ethyl adjacent to an activating group) is 1. The Morgan fingerprint density at radius 3 is 2.50 bits per heavy atom. The number of aliphatic imine (C=N–C) groups is 1. The molecule has 1 heterocycles. The summed E-state index contributed by atoms with van der Waals surface area (Å²) in [5.41, 5.74) is 5.98. The lowest BCUT2D eigenvalue weighted by Crippen LogP contribution is -2.48. The summed E-state index contributed by atoms with van der Waals surface area (Å²) in [6, 6.07) is 1.06. The maximum Gasteiger partial charge on any atom is 0.409 e. The van der Waals surface area contributed by atoms with E-state index in [9.17, 15) is 4.79 Å². The molecule has 0 aromatic rings. The number of nitrogens with zero attached hydrogens (tertiary/aromatic N) is 3. The molecule has 140 valence electrons. The number of carbonyl (C=O) groups excluding carboxylic acids is 1. The standard InChI is InChI=1S/C16H31N5O2.HI/c1-3-20(14-5-6-14)12-9-18-15(17)19-13-7-10-21(11-8-13)16(22)23-4-2;/h13-14H,3-12H2,1-2H3,(H3,17,18,19);1H. The van der Waals surface area contributed by atoms with Crippen LogP contribution in [0.1, 0.15) is 39.5 Å². The number of nitrogens with one attached hydrogen (secondary N) is 1. The summed E-state index contributed by atoms with van der Waals surface area (Å²) in [6.45, 7) is 8.65. The molecule has 0 aromatic heterocycles. The van der Waals surface area contributed by atoms with Crippen molar-refractivity contribution in [2.24, 2.45) is 10.7 Å². The van der Waals surface area contributed by atoms with E-state index in [1.165, 1.54) is 12.8 Å². The van der Waals surface area contributed by atoms with Crippen molar-refractivity contribution in [3.8, 4) is 0 Å². The predicted octanol–water partition coefficient (Wildman–Crippen LogP) is 1.61. The van der Waals surface area contributed by atoms with Gasteiger partial charge in [-0.1, -0.05) is 6.92 Å². The van der Waals surface area contributed by atoms with Crippen LogP contribution in [0.2, 0.25) is 0 Å². The smallest absolute Gasteiger partial charge is 0.409 e. The van der Waals surface area contributed by atoms with Gasteiger partial charge in [-0.25, -0.2) is 4.79 Å². The van der Waals surface area contributed by atoms with Gasteiger partial charge in [-0.15, -0.1) is 24.0 Å². The second kappa shape index (κ2) is 11.0. The number of halogens is 1. The average molecular weight is 453 g/mol. The van der Waals surface area contributed by atoms with Gasteiger partial charge in [0, 0.05) is 31.7 Å². The van der Waals surface area contributed by atoms with Crippen molar-refractivity contribution in [3.05, 3.63) is 0 Å². The molecule has 8 heteroatoms. The van der Waals surface area contributed by atoms with Crippen molar-refractivity contribution in [1.29, 1.82) is 0 Å². The van der Waals surface area contributed by atoms with Crippen molar-refractivity contribution in [1.82, 2.24) is 15.1 Å². The Balaban J connectivity index is 0.00000288.